The summed E-state index contributed by atoms with van der Waals surface area (Å²) in [4.78, 5) is 22.4. The molecule has 0 radical (unpaired) electrons. The van der Waals surface area contributed by atoms with Crippen molar-refractivity contribution in [3.63, 3.8) is 0 Å². The molecule has 0 N–H and O–H groups in total. The first kappa shape index (κ1) is 12.2. The van der Waals surface area contributed by atoms with Gasteiger partial charge >= 0.3 is 11.9 Å². The van der Waals surface area contributed by atoms with E-state index in [1.54, 1.807) is 25.2 Å². The second kappa shape index (κ2) is 5.90. The first-order valence-electron chi connectivity index (χ1n) is 5.00. The molecule has 1 atom stereocenters. The largest absolute Gasteiger partial charge is 0.466 e. The quantitative estimate of drug-likeness (QED) is 0.533. The zero-order valence-corrected chi connectivity index (χ0v) is 9.30. The number of carbonyl (C=O) groups is 2. The third kappa shape index (κ3) is 3.08. The number of esters is 2. The molecule has 86 valence electrons. The topological polar surface area (TPSA) is 52.6 Å². The van der Waals surface area contributed by atoms with E-state index in [4.69, 9.17) is 4.74 Å². The maximum atomic E-state index is 11.3. The highest BCUT2D eigenvalue weighted by molar-refractivity contribution is 5.91. The van der Waals surface area contributed by atoms with Crippen LogP contribution in [0.4, 0.5) is 0 Å². The second-order valence-electron chi connectivity index (χ2n) is 3.14. The van der Waals surface area contributed by atoms with Crippen LogP contribution in [0.2, 0.25) is 0 Å². The van der Waals surface area contributed by atoms with Crippen molar-refractivity contribution in [1.29, 1.82) is 0 Å². The molecule has 4 heteroatoms. The van der Waals surface area contributed by atoms with Crippen LogP contribution in [-0.4, -0.2) is 25.7 Å². The molecule has 0 aromatic rings. The van der Waals surface area contributed by atoms with Crippen LogP contribution in [0.1, 0.15) is 6.92 Å². The fourth-order valence-corrected chi connectivity index (χ4v) is 1.36. The van der Waals surface area contributed by atoms with Crippen molar-refractivity contribution in [2.45, 2.75) is 6.92 Å². The number of ether oxygens (including phenoxy) is 2. The van der Waals surface area contributed by atoms with Crippen LogP contribution in [0, 0.1) is 5.92 Å². The van der Waals surface area contributed by atoms with Crippen molar-refractivity contribution < 1.29 is 19.1 Å². The minimum absolute atomic E-state index is 0.211. The van der Waals surface area contributed by atoms with Gasteiger partial charge in [-0.2, -0.15) is 0 Å². The van der Waals surface area contributed by atoms with E-state index < -0.39 is 5.97 Å². The predicted molar refractivity (Wildman–Crippen MR) is 58.5 cm³/mol. The van der Waals surface area contributed by atoms with E-state index in [1.807, 2.05) is 6.08 Å². The standard InChI is InChI=1S/C12H14O4/c1-3-16-11(13)8-7-9-5-4-6-10(9)12(14)15-2/h4-9H,3H2,1-2H3/b8-7+. The average Bonchev–Trinajstić information content (AvgIpc) is 2.74. The molecule has 0 amide bonds. The van der Waals surface area contributed by atoms with Gasteiger partial charge in [-0.05, 0) is 6.92 Å². The Morgan fingerprint density at radius 1 is 1.50 bits per heavy atom. The van der Waals surface area contributed by atoms with Gasteiger partial charge in [0.15, 0.2) is 0 Å². The Labute approximate surface area is 94.2 Å². The number of hydrogen-bond donors (Lipinski definition) is 0. The van der Waals surface area contributed by atoms with Gasteiger partial charge in [-0.25, -0.2) is 9.59 Å². The smallest absolute Gasteiger partial charge is 0.334 e. The van der Waals surface area contributed by atoms with Crippen LogP contribution >= 0.6 is 0 Å². The van der Waals surface area contributed by atoms with Crippen LogP contribution < -0.4 is 0 Å². The molecule has 16 heavy (non-hydrogen) atoms. The van der Waals surface area contributed by atoms with Gasteiger partial charge in [-0.3, -0.25) is 0 Å². The first-order chi connectivity index (χ1) is 7.69. The highest BCUT2D eigenvalue weighted by Crippen LogP contribution is 2.21. The molecule has 1 rings (SSSR count). The molecule has 4 nitrogen and oxygen atoms in total. The molecule has 0 saturated carbocycles. The van der Waals surface area contributed by atoms with Gasteiger partial charge in [0.2, 0.25) is 0 Å². The van der Waals surface area contributed by atoms with E-state index in [9.17, 15) is 9.59 Å². The van der Waals surface area contributed by atoms with Crippen molar-refractivity contribution in [3.8, 4) is 0 Å². The molecule has 1 unspecified atom stereocenters. The van der Waals surface area contributed by atoms with Gasteiger partial charge < -0.3 is 9.47 Å². The Balaban J connectivity index is 2.61. The minimum atomic E-state index is -0.410. The van der Waals surface area contributed by atoms with Crippen molar-refractivity contribution in [2.75, 3.05) is 13.7 Å². The molecule has 0 saturated heterocycles. The normalized spacial score (nSPS) is 18.6. The summed E-state index contributed by atoms with van der Waals surface area (Å²) < 4.78 is 9.36. The van der Waals surface area contributed by atoms with Crippen LogP contribution in [0.15, 0.2) is 36.0 Å². The summed E-state index contributed by atoms with van der Waals surface area (Å²) in [5, 5.41) is 0. The van der Waals surface area contributed by atoms with Crippen molar-refractivity contribution in [2.24, 2.45) is 5.92 Å². The summed E-state index contributed by atoms with van der Waals surface area (Å²) in [6.07, 6.45) is 8.17. The SMILES string of the molecule is CCOC(=O)/C=C/C1C=CC=C1C(=O)OC. The Morgan fingerprint density at radius 2 is 2.25 bits per heavy atom. The third-order valence-corrected chi connectivity index (χ3v) is 2.10. The average molecular weight is 222 g/mol. The molecule has 0 spiro atoms. The lowest BCUT2D eigenvalue weighted by molar-refractivity contribution is -0.138. The van der Waals surface area contributed by atoms with Crippen molar-refractivity contribution in [1.82, 2.24) is 0 Å². The first-order valence-corrected chi connectivity index (χ1v) is 5.00. The maximum Gasteiger partial charge on any atom is 0.334 e. The highest BCUT2D eigenvalue weighted by atomic mass is 16.5. The monoisotopic (exact) mass is 222 g/mol. The fraction of sp³-hybridized carbons (Fsp3) is 0.333. The van der Waals surface area contributed by atoms with E-state index >= 15 is 0 Å². The third-order valence-electron chi connectivity index (χ3n) is 2.10. The Morgan fingerprint density at radius 3 is 2.88 bits per heavy atom. The minimum Gasteiger partial charge on any atom is -0.466 e. The molecule has 1 aliphatic rings. The lowest BCUT2D eigenvalue weighted by Gasteiger charge is -2.06. The molecular weight excluding hydrogens is 208 g/mol. The van der Waals surface area contributed by atoms with Gasteiger partial charge in [-0.1, -0.05) is 24.3 Å². The van der Waals surface area contributed by atoms with Crippen LogP contribution in [0.5, 0.6) is 0 Å². The number of methoxy groups -OCH3 is 1. The molecular formula is C12H14O4. The predicted octanol–water partition coefficient (Wildman–Crippen LogP) is 1.39. The summed E-state index contributed by atoms with van der Waals surface area (Å²) in [5.74, 6) is -1.01. The summed E-state index contributed by atoms with van der Waals surface area (Å²) in [7, 11) is 1.33. The fourth-order valence-electron chi connectivity index (χ4n) is 1.36. The molecule has 0 heterocycles. The van der Waals surface area contributed by atoms with Gasteiger partial charge in [0.1, 0.15) is 0 Å². The lowest BCUT2D eigenvalue weighted by Crippen LogP contribution is -2.10. The molecule has 0 aliphatic heterocycles. The molecule has 0 aromatic heterocycles. The van der Waals surface area contributed by atoms with Crippen LogP contribution in [-0.2, 0) is 19.1 Å². The Hall–Kier alpha value is -1.84. The number of carbonyl (C=O) groups excluding carboxylic acids is 2. The summed E-state index contributed by atoms with van der Waals surface area (Å²) in [6.45, 7) is 2.07. The van der Waals surface area contributed by atoms with E-state index in [2.05, 4.69) is 4.74 Å². The van der Waals surface area contributed by atoms with Crippen molar-refractivity contribution >= 4 is 11.9 Å². The van der Waals surface area contributed by atoms with E-state index in [0.717, 1.165) is 0 Å². The summed E-state index contributed by atoms with van der Waals surface area (Å²) in [6, 6.07) is 0. The zero-order chi connectivity index (χ0) is 12.0. The van der Waals surface area contributed by atoms with Gasteiger partial charge in [0.25, 0.3) is 0 Å². The summed E-state index contributed by atoms with van der Waals surface area (Å²) in [5.41, 5.74) is 0.517. The number of hydrogen-bond acceptors (Lipinski definition) is 4. The Kier molecular flexibility index (Phi) is 4.51. The van der Waals surface area contributed by atoms with Crippen molar-refractivity contribution in [3.05, 3.63) is 36.0 Å². The van der Waals surface area contributed by atoms with Crippen LogP contribution in [0.25, 0.3) is 0 Å². The van der Waals surface area contributed by atoms with E-state index in [-0.39, 0.29) is 11.9 Å². The second-order valence-corrected chi connectivity index (χ2v) is 3.14. The lowest BCUT2D eigenvalue weighted by atomic mass is 10.0. The molecule has 0 fully saturated rings. The molecule has 0 bridgehead atoms. The van der Waals surface area contributed by atoms with Gasteiger partial charge in [-0.15, -0.1) is 0 Å². The molecule has 1 aliphatic carbocycles. The van der Waals surface area contributed by atoms with E-state index in [1.165, 1.54) is 13.2 Å². The maximum absolute atomic E-state index is 11.3. The number of allylic oxidation sites excluding steroid dienone is 4. The Bertz CT molecular complexity index is 363. The van der Waals surface area contributed by atoms with E-state index in [0.29, 0.717) is 12.2 Å². The highest BCUT2D eigenvalue weighted by Gasteiger charge is 2.19. The van der Waals surface area contributed by atoms with Gasteiger partial charge in [0.05, 0.1) is 13.7 Å². The molecule has 0 aromatic carbocycles. The van der Waals surface area contributed by atoms with Gasteiger partial charge in [0, 0.05) is 17.6 Å². The summed E-state index contributed by atoms with van der Waals surface area (Å²) >= 11 is 0. The zero-order valence-electron chi connectivity index (χ0n) is 9.30. The van der Waals surface area contributed by atoms with Crippen LogP contribution in [0.3, 0.4) is 0 Å². The number of rotatable bonds is 4.